The largest absolute Gasteiger partial charge is 0.455 e. The van der Waals surface area contributed by atoms with Crippen LogP contribution in [-0.4, -0.2) is 69.0 Å². The van der Waals surface area contributed by atoms with Crippen LogP contribution in [0.5, 0.6) is 0 Å². The predicted octanol–water partition coefficient (Wildman–Crippen LogP) is 2.51. The molecule has 1 aromatic carbocycles. The molecule has 2 rings (SSSR count). The lowest BCUT2D eigenvalue weighted by atomic mass is 9.98. The Bertz CT molecular complexity index is 705. The van der Waals surface area contributed by atoms with E-state index in [0.717, 1.165) is 11.6 Å². The van der Waals surface area contributed by atoms with Crippen molar-refractivity contribution in [3.05, 3.63) is 35.9 Å². The van der Waals surface area contributed by atoms with Crippen LogP contribution in [0.15, 0.2) is 30.3 Å². The molecule has 1 saturated heterocycles. The monoisotopic (exact) mass is 454 g/mol. The maximum atomic E-state index is 11.7. The van der Waals surface area contributed by atoms with Gasteiger partial charge >= 0.3 is 11.9 Å². The van der Waals surface area contributed by atoms with E-state index < -0.39 is 50.7 Å². The van der Waals surface area contributed by atoms with E-state index in [1.54, 1.807) is 0 Å². The Balaban J connectivity index is 2.11. The van der Waals surface area contributed by atoms with Gasteiger partial charge in [-0.3, -0.25) is 9.59 Å². The molecule has 0 aromatic heterocycles. The third kappa shape index (κ3) is 8.70. The first-order chi connectivity index (χ1) is 14.6. The Labute approximate surface area is 184 Å². The van der Waals surface area contributed by atoms with E-state index in [-0.39, 0.29) is 6.61 Å². The van der Waals surface area contributed by atoms with E-state index in [4.69, 9.17) is 23.7 Å². The molecule has 1 N–H and O–H groups in total. The molecule has 8 nitrogen and oxygen atoms in total. The molecule has 0 unspecified atom stereocenters. The van der Waals surface area contributed by atoms with E-state index in [2.05, 4.69) is 19.6 Å². The summed E-state index contributed by atoms with van der Waals surface area (Å²) in [6.45, 7) is 9.90. The summed E-state index contributed by atoms with van der Waals surface area (Å²) in [5.74, 6) is -1.19. The van der Waals surface area contributed by atoms with Crippen molar-refractivity contribution in [2.45, 2.75) is 76.8 Å². The maximum Gasteiger partial charge on any atom is 0.303 e. The summed E-state index contributed by atoms with van der Waals surface area (Å²) in [7, 11) is -1.38. The minimum atomic E-state index is -1.38. The summed E-state index contributed by atoms with van der Waals surface area (Å²) in [6.07, 6.45) is -5.27. The van der Waals surface area contributed by atoms with Gasteiger partial charge in [-0.15, -0.1) is 0 Å². The molecule has 5 atom stereocenters. The van der Waals surface area contributed by atoms with E-state index >= 15 is 0 Å². The highest BCUT2D eigenvalue weighted by atomic mass is 28.3. The molecule has 1 heterocycles. The van der Waals surface area contributed by atoms with Gasteiger partial charge in [-0.25, -0.2) is 0 Å². The van der Waals surface area contributed by atoms with E-state index in [9.17, 15) is 14.7 Å². The van der Waals surface area contributed by atoms with Gasteiger partial charge in [0.05, 0.1) is 13.2 Å². The summed E-state index contributed by atoms with van der Waals surface area (Å²) in [4.78, 5) is 23.3. The minimum absolute atomic E-state index is 0.0501. The van der Waals surface area contributed by atoms with Crippen LogP contribution in [0.3, 0.4) is 0 Å². The highest BCUT2D eigenvalue weighted by Crippen LogP contribution is 2.28. The number of aliphatic hydroxyl groups is 1. The summed E-state index contributed by atoms with van der Waals surface area (Å²) < 4.78 is 28.2. The lowest BCUT2D eigenvalue weighted by molar-refractivity contribution is -0.306. The average Bonchev–Trinajstić information content (AvgIpc) is 2.67. The van der Waals surface area contributed by atoms with Crippen LogP contribution >= 0.6 is 0 Å². The summed E-state index contributed by atoms with van der Waals surface area (Å²) in [6, 6.07) is 10.5. The number of carbonyl (C=O) groups excluding carboxylic acids is 2. The zero-order valence-electron chi connectivity index (χ0n) is 18.9. The molecule has 1 aliphatic rings. The SMILES string of the molecule is CC(=O)O[C@H]1[C@@H](OCC[Si](C)(C)C)O[C@H](COCc2ccccc2)[C@H](O)[C@@H]1OC(C)=O. The van der Waals surface area contributed by atoms with Crippen molar-refractivity contribution < 1.29 is 38.4 Å². The molecule has 0 amide bonds. The molecule has 0 saturated carbocycles. The summed E-state index contributed by atoms with van der Waals surface area (Å²) >= 11 is 0. The molecular formula is C22H34O8Si. The van der Waals surface area contributed by atoms with Crippen molar-refractivity contribution >= 4 is 20.0 Å². The number of benzene rings is 1. The van der Waals surface area contributed by atoms with Gasteiger partial charge in [0.1, 0.15) is 12.2 Å². The van der Waals surface area contributed by atoms with Gasteiger partial charge in [0.25, 0.3) is 0 Å². The Hall–Kier alpha value is -1.78. The quantitative estimate of drug-likeness (QED) is 0.425. The van der Waals surface area contributed by atoms with E-state index in [1.807, 2.05) is 30.3 Å². The van der Waals surface area contributed by atoms with Crippen LogP contribution in [0.2, 0.25) is 25.7 Å². The first kappa shape index (κ1) is 25.5. The van der Waals surface area contributed by atoms with Crippen molar-refractivity contribution in [3.63, 3.8) is 0 Å². The molecule has 0 spiro atoms. The Morgan fingerprint density at radius 3 is 2.23 bits per heavy atom. The molecule has 31 heavy (non-hydrogen) atoms. The molecule has 9 heteroatoms. The second-order valence-electron chi connectivity index (χ2n) is 8.86. The normalized spacial score (nSPS) is 26.3. The van der Waals surface area contributed by atoms with Gasteiger partial charge in [-0.1, -0.05) is 50.0 Å². The standard InChI is InChI=1S/C22H34O8Si/c1-15(23)28-20-19(25)18(14-26-13-17-9-7-6-8-10-17)30-22(21(20)29-16(2)24)27-11-12-31(3,4)5/h6-10,18-22,25H,11-14H2,1-5H3/t18-,19+,20+,21-,22+/m1/s1. The molecule has 0 aliphatic carbocycles. The van der Waals surface area contributed by atoms with Crippen LogP contribution in [-0.2, 0) is 39.9 Å². The Morgan fingerprint density at radius 1 is 1.03 bits per heavy atom. The fourth-order valence-electron chi connectivity index (χ4n) is 3.15. The Morgan fingerprint density at radius 2 is 1.65 bits per heavy atom. The maximum absolute atomic E-state index is 11.7. The highest BCUT2D eigenvalue weighted by Gasteiger charge is 2.50. The summed E-state index contributed by atoms with van der Waals surface area (Å²) in [5.41, 5.74) is 0.977. The van der Waals surface area contributed by atoms with E-state index in [0.29, 0.717) is 13.2 Å². The molecule has 1 aliphatic heterocycles. The lowest BCUT2D eigenvalue weighted by Crippen LogP contribution is -2.61. The number of rotatable bonds is 10. The van der Waals surface area contributed by atoms with Gasteiger partial charge in [0, 0.05) is 28.5 Å². The predicted molar refractivity (Wildman–Crippen MR) is 116 cm³/mol. The van der Waals surface area contributed by atoms with Crippen LogP contribution in [0.1, 0.15) is 19.4 Å². The fourth-order valence-corrected chi connectivity index (χ4v) is 3.88. The van der Waals surface area contributed by atoms with Crippen molar-refractivity contribution in [3.8, 4) is 0 Å². The van der Waals surface area contributed by atoms with E-state index in [1.165, 1.54) is 13.8 Å². The van der Waals surface area contributed by atoms with Crippen LogP contribution in [0, 0.1) is 0 Å². The molecule has 1 fully saturated rings. The Kier molecular flexibility index (Phi) is 9.64. The van der Waals surface area contributed by atoms with Gasteiger partial charge in [0.2, 0.25) is 0 Å². The second kappa shape index (κ2) is 11.7. The van der Waals surface area contributed by atoms with Crippen molar-refractivity contribution in [2.75, 3.05) is 13.2 Å². The third-order valence-corrected chi connectivity index (χ3v) is 6.45. The first-order valence-corrected chi connectivity index (χ1v) is 14.2. The zero-order valence-corrected chi connectivity index (χ0v) is 19.9. The minimum Gasteiger partial charge on any atom is -0.455 e. The summed E-state index contributed by atoms with van der Waals surface area (Å²) in [5, 5.41) is 10.8. The number of ether oxygens (including phenoxy) is 5. The topological polar surface area (TPSA) is 101 Å². The lowest BCUT2D eigenvalue weighted by Gasteiger charge is -2.43. The average molecular weight is 455 g/mol. The van der Waals surface area contributed by atoms with Gasteiger partial charge in [0.15, 0.2) is 18.5 Å². The zero-order chi connectivity index (χ0) is 23.0. The molecular weight excluding hydrogens is 420 g/mol. The third-order valence-electron chi connectivity index (χ3n) is 4.75. The molecule has 174 valence electrons. The number of hydrogen-bond acceptors (Lipinski definition) is 8. The molecule has 1 aromatic rings. The van der Waals surface area contributed by atoms with Crippen molar-refractivity contribution in [1.82, 2.24) is 0 Å². The van der Waals surface area contributed by atoms with Crippen LogP contribution in [0.25, 0.3) is 0 Å². The number of hydrogen-bond donors (Lipinski definition) is 1. The number of esters is 2. The number of aliphatic hydroxyl groups excluding tert-OH is 1. The van der Waals surface area contributed by atoms with Gasteiger partial charge in [-0.2, -0.15) is 0 Å². The smallest absolute Gasteiger partial charge is 0.303 e. The van der Waals surface area contributed by atoms with Crippen LogP contribution in [0.4, 0.5) is 0 Å². The fraction of sp³-hybridized carbons (Fsp3) is 0.636. The van der Waals surface area contributed by atoms with Gasteiger partial charge in [-0.05, 0) is 11.6 Å². The molecule has 0 radical (unpaired) electrons. The van der Waals surface area contributed by atoms with Gasteiger partial charge < -0.3 is 28.8 Å². The highest BCUT2D eigenvalue weighted by molar-refractivity contribution is 6.76. The second-order valence-corrected chi connectivity index (χ2v) is 14.5. The first-order valence-electron chi connectivity index (χ1n) is 10.5. The molecule has 0 bridgehead atoms. The van der Waals surface area contributed by atoms with Crippen LogP contribution < -0.4 is 0 Å². The van der Waals surface area contributed by atoms with Crippen molar-refractivity contribution in [2.24, 2.45) is 0 Å². The number of carbonyl (C=O) groups is 2. The van der Waals surface area contributed by atoms with Crippen molar-refractivity contribution in [1.29, 1.82) is 0 Å².